The maximum absolute atomic E-state index is 11.8. The molecule has 1 heterocycles. The van der Waals surface area contributed by atoms with Gasteiger partial charge in [-0.05, 0) is 50.6 Å². The number of rotatable bonds is 5. The number of carbonyl (C=O) groups is 1. The first-order valence-corrected chi connectivity index (χ1v) is 7.84. The van der Waals surface area contributed by atoms with Crippen LogP contribution < -0.4 is 10.6 Å². The van der Waals surface area contributed by atoms with Crippen LogP contribution in [0, 0.1) is 24.2 Å². The van der Waals surface area contributed by atoms with E-state index in [1.54, 1.807) is 0 Å². The second kappa shape index (κ2) is 6.99. The monoisotopic (exact) mass is 277 g/mol. The average molecular weight is 277 g/mol. The first kappa shape index (κ1) is 15.2. The van der Waals surface area contributed by atoms with Crippen molar-refractivity contribution in [3.05, 3.63) is 0 Å². The van der Waals surface area contributed by atoms with Crippen molar-refractivity contribution in [2.45, 2.75) is 51.6 Å². The molecule has 0 aromatic carbocycles. The molecular formula is C16H27N3O. The number of carbonyl (C=O) groups excluding carboxylic acids is 1. The summed E-state index contributed by atoms with van der Waals surface area (Å²) in [6.45, 7) is 7.17. The standard InChI is InChI=1S/C16H27N3O/c1-4-15(12(2)3)18-16(20)17-11-13-7-9-19(10-8-13)14-5-6-14/h1,12-15H,5-11H2,2-3H3,(H2,17,18,20). The van der Waals surface area contributed by atoms with Gasteiger partial charge in [-0.1, -0.05) is 19.8 Å². The minimum atomic E-state index is -0.188. The molecule has 112 valence electrons. The van der Waals surface area contributed by atoms with Crippen molar-refractivity contribution in [2.75, 3.05) is 19.6 Å². The van der Waals surface area contributed by atoms with Crippen molar-refractivity contribution in [1.82, 2.24) is 15.5 Å². The Bertz CT molecular complexity index is 362. The van der Waals surface area contributed by atoms with E-state index in [2.05, 4.69) is 21.5 Å². The third kappa shape index (κ3) is 4.42. The number of likely N-dealkylation sites (tertiary alicyclic amines) is 1. The molecule has 0 radical (unpaired) electrons. The summed E-state index contributed by atoms with van der Waals surface area (Å²) < 4.78 is 0. The number of piperidine rings is 1. The fourth-order valence-corrected chi connectivity index (χ4v) is 2.79. The molecule has 20 heavy (non-hydrogen) atoms. The molecule has 2 aliphatic rings. The molecule has 2 amide bonds. The van der Waals surface area contributed by atoms with E-state index in [0.29, 0.717) is 5.92 Å². The van der Waals surface area contributed by atoms with Crippen LogP contribution in [0.15, 0.2) is 0 Å². The van der Waals surface area contributed by atoms with Gasteiger partial charge in [0.05, 0.1) is 6.04 Å². The zero-order valence-corrected chi connectivity index (χ0v) is 12.7. The van der Waals surface area contributed by atoms with Crippen LogP contribution in [0.5, 0.6) is 0 Å². The van der Waals surface area contributed by atoms with Gasteiger partial charge in [0.25, 0.3) is 0 Å². The maximum Gasteiger partial charge on any atom is 0.315 e. The first-order chi connectivity index (χ1) is 9.60. The predicted molar refractivity (Wildman–Crippen MR) is 81.3 cm³/mol. The summed E-state index contributed by atoms with van der Waals surface area (Å²) in [6.07, 6.45) is 10.6. The molecule has 1 saturated heterocycles. The number of nitrogens with one attached hydrogen (secondary N) is 2. The zero-order valence-electron chi connectivity index (χ0n) is 12.7. The SMILES string of the molecule is C#CC(NC(=O)NCC1CCN(C2CC2)CC1)C(C)C. The van der Waals surface area contributed by atoms with Crippen molar-refractivity contribution in [1.29, 1.82) is 0 Å². The van der Waals surface area contributed by atoms with Crippen molar-refractivity contribution < 1.29 is 4.79 Å². The molecule has 0 spiro atoms. The quantitative estimate of drug-likeness (QED) is 0.753. The third-order valence-electron chi connectivity index (χ3n) is 4.40. The number of urea groups is 1. The lowest BCUT2D eigenvalue weighted by Crippen LogP contribution is -2.46. The average Bonchev–Trinajstić information content (AvgIpc) is 3.27. The lowest BCUT2D eigenvalue weighted by molar-refractivity contribution is 0.173. The van der Waals surface area contributed by atoms with Crippen LogP contribution in [-0.4, -0.2) is 42.6 Å². The Kier molecular flexibility index (Phi) is 5.31. The van der Waals surface area contributed by atoms with Gasteiger partial charge in [-0.2, -0.15) is 0 Å². The van der Waals surface area contributed by atoms with Gasteiger partial charge in [-0.3, -0.25) is 0 Å². The van der Waals surface area contributed by atoms with Crippen LogP contribution in [0.3, 0.4) is 0 Å². The van der Waals surface area contributed by atoms with Crippen molar-refractivity contribution in [2.24, 2.45) is 11.8 Å². The van der Waals surface area contributed by atoms with E-state index in [0.717, 1.165) is 12.6 Å². The van der Waals surface area contributed by atoms with Gasteiger partial charge in [0.1, 0.15) is 0 Å². The van der Waals surface area contributed by atoms with Crippen LogP contribution in [0.4, 0.5) is 4.79 Å². The number of terminal acetylenes is 1. The number of hydrogen-bond acceptors (Lipinski definition) is 2. The van der Waals surface area contributed by atoms with E-state index in [1.807, 2.05) is 13.8 Å². The highest BCUT2D eigenvalue weighted by molar-refractivity contribution is 5.74. The molecule has 0 bridgehead atoms. The summed E-state index contributed by atoms with van der Waals surface area (Å²) in [5, 5.41) is 5.81. The van der Waals surface area contributed by atoms with Crippen molar-refractivity contribution in [3.63, 3.8) is 0 Å². The van der Waals surface area contributed by atoms with Gasteiger partial charge in [0.2, 0.25) is 0 Å². The third-order valence-corrected chi connectivity index (χ3v) is 4.40. The molecule has 2 fully saturated rings. The molecule has 1 atom stereocenters. The second-order valence-electron chi connectivity index (χ2n) is 6.45. The fraction of sp³-hybridized carbons (Fsp3) is 0.812. The number of amides is 2. The Hall–Kier alpha value is -1.21. The molecule has 0 aromatic heterocycles. The smallest absolute Gasteiger partial charge is 0.315 e. The molecule has 4 heteroatoms. The highest BCUT2D eigenvalue weighted by Crippen LogP contribution is 2.30. The van der Waals surface area contributed by atoms with E-state index in [-0.39, 0.29) is 18.0 Å². The molecule has 1 saturated carbocycles. The van der Waals surface area contributed by atoms with Gasteiger partial charge in [-0.15, -0.1) is 6.42 Å². The normalized spacial score (nSPS) is 22.3. The summed E-state index contributed by atoms with van der Waals surface area (Å²) in [4.78, 5) is 14.4. The Labute approximate surface area is 122 Å². The van der Waals surface area contributed by atoms with E-state index < -0.39 is 0 Å². The van der Waals surface area contributed by atoms with E-state index in [1.165, 1.54) is 38.8 Å². The van der Waals surface area contributed by atoms with Crippen LogP contribution in [0.25, 0.3) is 0 Å². The fourth-order valence-electron chi connectivity index (χ4n) is 2.79. The van der Waals surface area contributed by atoms with Crippen LogP contribution >= 0.6 is 0 Å². The van der Waals surface area contributed by atoms with Gasteiger partial charge in [-0.25, -0.2) is 4.79 Å². The molecule has 1 unspecified atom stereocenters. The number of hydrogen-bond donors (Lipinski definition) is 2. The van der Waals surface area contributed by atoms with Gasteiger partial charge >= 0.3 is 6.03 Å². The topological polar surface area (TPSA) is 44.4 Å². The number of nitrogens with zero attached hydrogens (tertiary/aromatic N) is 1. The zero-order chi connectivity index (χ0) is 14.5. The lowest BCUT2D eigenvalue weighted by atomic mass is 9.97. The highest BCUT2D eigenvalue weighted by atomic mass is 16.2. The molecule has 2 rings (SSSR count). The molecule has 1 aliphatic heterocycles. The van der Waals surface area contributed by atoms with Gasteiger partial charge in [0, 0.05) is 12.6 Å². The molecular weight excluding hydrogens is 250 g/mol. The summed E-state index contributed by atoms with van der Waals surface area (Å²) in [5.41, 5.74) is 0. The minimum absolute atomic E-state index is 0.133. The summed E-state index contributed by atoms with van der Waals surface area (Å²) >= 11 is 0. The molecule has 2 N–H and O–H groups in total. The maximum atomic E-state index is 11.8. The lowest BCUT2D eigenvalue weighted by Gasteiger charge is -2.32. The van der Waals surface area contributed by atoms with E-state index in [9.17, 15) is 4.79 Å². The van der Waals surface area contributed by atoms with Crippen LogP contribution in [0.1, 0.15) is 39.5 Å². The van der Waals surface area contributed by atoms with Crippen LogP contribution in [-0.2, 0) is 0 Å². The van der Waals surface area contributed by atoms with Crippen molar-refractivity contribution in [3.8, 4) is 12.3 Å². The van der Waals surface area contributed by atoms with Gasteiger partial charge < -0.3 is 15.5 Å². The predicted octanol–water partition coefficient (Wildman–Crippen LogP) is 1.82. The Morgan fingerprint density at radius 1 is 1.30 bits per heavy atom. The van der Waals surface area contributed by atoms with E-state index >= 15 is 0 Å². The molecule has 1 aliphatic carbocycles. The van der Waals surface area contributed by atoms with Crippen molar-refractivity contribution >= 4 is 6.03 Å². The highest BCUT2D eigenvalue weighted by Gasteiger charge is 2.31. The van der Waals surface area contributed by atoms with Gasteiger partial charge in [0.15, 0.2) is 0 Å². The van der Waals surface area contributed by atoms with E-state index in [4.69, 9.17) is 6.42 Å². The minimum Gasteiger partial charge on any atom is -0.338 e. The second-order valence-corrected chi connectivity index (χ2v) is 6.45. The summed E-state index contributed by atoms with van der Waals surface area (Å²) in [5.74, 6) is 3.48. The molecule has 4 nitrogen and oxygen atoms in total. The Morgan fingerprint density at radius 3 is 2.45 bits per heavy atom. The Balaban J connectivity index is 1.62. The largest absolute Gasteiger partial charge is 0.338 e. The summed E-state index contributed by atoms with van der Waals surface area (Å²) in [6, 6.07) is 0.549. The van der Waals surface area contributed by atoms with Crippen LogP contribution in [0.2, 0.25) is 0 Å². The summed E-state index contributed by atoms with van der Waals surface area (Å²) in [7, 11) is 0. The molecule has 0 aromatic rings. The first-order valence-electron chi connectivity index (χ1n) is 7.84. The Morgan fingerprint density at radius 2 is 1.95 bits per heavy atom.